The Balaban J connectivity index is 1.49. The zero-order valence-electron chi connectivity index (χ0n) is 18.7. The normalized spacial score (nSPS) is 13.6. The summed E-state index contributed by atoms with van der Waals surface area (Å²) in [4.78, 5) is 15.2. The molecule has 1 amide bonds. The van der Waals surface area contributed by atoms with Crippen LogP contribution in [0.4, 0.5) is 17.1 Å². The molecule has 8 heteroatoms. The van der Waals surface area contributed by atoms with Gasteiger partial charge < -0.3 is 15.0 Å². The van der Waals surface area contributed by atoms with Gasteiger partial charge in [-0.25, -0.2) is 8.42 Å². The molecule has 1 aliphatic rings. The summed E-state index contributed by atoms with van der Waals surface area (Å²) in [6.07, 6.45) is 2.40. The maximum Gasteiger partial charge on any atom is 0.261 e. The maximum atomic E-state index is 12.9. The number of rotatable bonds is 7. The minimum Gasteiger partial charge on any atom is -0.497 e. The summed E-state index contributed by atoms with van der Waals surface area (Å²) in [5.41, 5.74) is 3.47. The van der Waals surface area contributed by atoms with Crippen molar-refractivity contribution in [3.05, 3.63) is 77.9 Å². The number of carbonyl (C=O) groups excluding carboxylic acids is 1. The van der Waals surface area contributed by atoms with Crippen LogP contribution in [0.15, 0.2) is 71.6 Å². The molecule has 2 N–H and O–H groups in total. The lowest BCUT2D eigenvalue weighted by Crippen LogP contribution is -2.18. The Morgan fingerprint density at radius 3 is 2.36 bits per heavy atom. The molecule has 4 rings (SSSR count). The second kappa shape index (κ2) is 9.54. The Kier molecular flexibility index (Phi) is 6.55. The first kappa shape index (κ1) is 22.7. The minimum absolute atomic E-state index is 0.00655. The number of hydrogen-bond acceptors (Lipinski definition) is 5. The summed E-state index contributed by atoms with van der Waals surface area (Å²) in [5.74, 6) is 0.258. The number of carbonyl (C=O) groups is 1. The molecule has 33 heavy (non-hydrogen) atoms. The van der Waals surface area contributed by atoms with E-state index in [-0.39, 0.29) is 16.4 Å². The van der Waals surface area contributed by atoms with E-state index in [2.05, 4.69) is 21.0 Å². The second-order valence-corrected chi connectivity index (χ2v) is 9.69. The van der Waals surface area contributed by atoms with E-state index in [0.717, 1.165) is 24.3 Å². The Bertz CT molecular complexity index is 1250. The van der Waals surface area contributed by atoms with Crippen molar-refractivity contribution in [2.45, 2.75) is 24.7 Å². The van der Waals surface area contributed by atoms with Crippen LogP contribution >= 0.6 is 0 Å². The van der Waals surface area contributed by atoms with Crippen LogP contribution in [-0.2, 0) is 10.0 Å². The fourth-order valence-electron chi connectivity index (χ4n) is 3.83. The predicted molar refractivity (Wildman–Crippen MR) is 131 cm³/mol. The van der Waals surface area contributed by atoms with E-state index in [9.17, 15) is 13.2 Å². The van der Waals surface area contributed by atoms with Crippen molar-refractivity contribution in [2.75, 3.05) is 35.1 Å². The summed E-state index contributed by atoms with van der Waals surface area (Å²) < 4.78 is 33.3. The number of benzene rings is 3. The smallest absolute Gasteiger partial charge is 0.261 e. The van der Waals surface area contributed by atoms with Crippen LogP contribution in [0.3, 0.4) is 0 Å². The molecule has 0 aromatic heterocycles. The summed E-state index contributed by atoms with van der Waals surface area (Å²) in [6.45, 7) is 4.06. The van der Waals surface area contributed by atoms with Gasteiger partial charge in [0.15, 0.2) is 0 Å². The molecule has 172 valence electrons. The lowest BCUT2D eigenvalue weighted by atomic mass is 10.1. The third kappa shape index (κ3) is 5.28. The van der Waals surface area contributed by atoms with Gasteiger partial charge in [-0.15, -0.1) is 0 Å². The topological polar surface area (TPSA) is 87.7 Å². The first-order valence-electron chi connectivity index (χ1n) is 10.8. The van der Waals surface area contributed by atoms with Crippen LogP contribution in [0.25, 0.3) is 0 Å². The SMILES string of the molecule is COc1ccc(NS(=O)(=O)c2cccc(C(=O)Nc3ccc(N4CCCC4)cc3C)c2)cc1. The van der Waals surface area contributed by atoms with Crippen molar-refractivity contribution in [1.29, 1.82) is 0 Å². The van der Waals surface area contributed by atoms with E-state index >= 15 is 0 Å². The fourth-order valence-corrected chi connectivity index (χ4v) is 4.94. The highest BCUT2D eigenvalue weighted by molar-refractivity contribution is 7.92. The van der Waals surface area contributed by atoms with E-state index in [0.29, 0.717) is 17.1 Å². The Morgan fingerprint density at radius 1 is 0.970 bits per heavy atom. The summed E-state index contributed by atoms with van der Waals surface area (Å²) in [6, 6.07) is 18.5. The highest BCUT2D eigenvalue weighted by atomic mass is 32.2. The number of amides is 1. The molecule has 0 aliphatic carbocycles. The molecule has 1 saturated heterocycles. The van der Waals surface area contributed by atoms with Gasteiger partial charge in [0, 0.05) is 35.7 Å². The van der Waals surface area contributed by atoms with E-state index < -0.39 is 10.0 Å². The van der Waals surface area contributed by atoms with E-state index in [1.54, 1.807) is 43.5 Å². The molecule has 3 aromatic rings. The van der Waals surface area contributed by atoms with E-state index in [4.69, 9.17) is 4.74 Å². The molecule has 0 spiro atoms. The highest BCUT2D eigenvalue weighted by Gasteiger charge is 2.18. The zero-order chi connectivity index (χ0) is 23.4. The van der Waals surface area contributed by atoms with Crippen LogP contribution in [-0.4, -0.2) is 34.5 Å². The first-order valence-corrected chi connectivity index (χ1v) is 12.3. The van der Waals surface area contributed by atoms with Gasteiger partial charge in [0.05, 0.1) is 12.0 Å². The van der Waals surface area contributed by atoms with Gasteiger partial charge in [-0.1, -0.05) is 6.07 Å². The number of nitrogens with zero attached hydrogens (tertiary/aromatic N) is 1. The van der Waals surface area contributed by atoms with Crippen molar-refractivity contribution in [3.8, 4) is 5.75 Å². The zero-order valence-corrected chi connectivity index (χ0v) is 19.5. The number of methoxy groups -OCH3 is 1. The van der Waals surface area contributed by atoms with Crippen molar-refractivity contribution in [2.24, 2.45) is 0 Å². The van der Waals surface area contributed by atoms with Gasteiger partial charge in [-0.05, 0) is 86.0 Å². The third-order valence-electron chi connectivity index (χ3n) is 5.68. The molecular weight excluding hydrogens is 438 g/mol. The highest BCUT2D eigenvalue weighted by Crippen LogP contribution is 2.26. The summed E-state index contributed by atoms with van der Waals surface area (Å²) in [7, 11) is -2.32. The van der Waals surface area contributed by atoms with Crippen LogP contribution in [0.5, 0.6) is 5.75 Å². The summed E-state index contributed by atoms with van der Waals surface area (Å²) >= 11 is 0. The van der Waals surface area contributed by atoms with E-state index in [1.165, 1.54) is 25.0 Å². The third-order valence-corrected chi connectivity index (χ3v) is 7.06. The van der Waals surface area contributed by atoms with Crippen LogP contribution < -0.4 is 19.7 Å². The molecular formula is C25H27N3O4S. The minimum atomic E-state index is -3.86. The molecule has 1 fully saturated rings. The predicted octanol–water partition coefficient (Wildman–Crippen LogP) is 4.66. The maximum absolute atomic E-state index is 12.9. The van der Waals surface area contributed by atoms with Crippen molar-refractivity contribution < 1.29 is 17.9 Å². The van der Waals surface area contributed by atoms with Gasteiger partial charge >= 0.3 is 0 Å². The fraction of sp³-hybridized carbons (Fsp3) is 0.240. The Hall–Kier alpha value is -3.52. The van der Waals surface area contributed by atoms with Gasteiger partial charge in [0.25, 0.3) is 15.9 Å². The quantitative estimate of drug-likeness (QED) is 0.530. The molecule has 1 heterocycles. The second-order valence-electron chi connectivity index (χ2n) is 8.01. The molecule has 0 saturated carbocycles. The molecule has 0 unspecified atom stereocenters. The van der Waals surface area contributed by atoms with Gasteiger partial charge in [0.2, 0.25) is 0 Å². The molecule has 0 atom stereocenters. The molecule has 3 aromatic carbocycles. The lowest BCUT2D eigenvalue weighted by Gasteiger charge is -2.19. The molecule has 0 radical (unpaired) electrons. The largest absolute Gasteiger partial charge is 0.497 e. The number of anilines is 3. The monoisotopic (exact) mass is 465 g/mol. The molecule has 7 nitrogen and oxygen atoms in total. The van der Waals surface area contributed by atoms with E-state index in [1.807, 2.05) is 19.1 Å². The standard InChI is InChI=1S/C25H27N3O4S/c1-18-16-21(28-14-3-4-15-28)10-13-24(18)26-25(29)19-6-5-7-23(17-19)33(30,31)27-20-8-11-22(32-2)12-9-20/h5-13,16-17,27H,3-4,14-15H2,1-2H3,(H,26,29). The van der Waals surface area contributed by atoms with Crippen LogP contribution in [0.1, 0.15) is 28.8 Å². The number of aryl methyl sites for hydroxylation is 1. The van der Waals surface area contributed by atoms with Gasteiger partial charge in [0.1, 0.15) is 5.75 Å². The Labute approximate surface area is 194 Å². The van der Waals surface area contributed by atoms with Crippen LogP contribution in [0, 0.1) is 6.92 Å². The van der Waals surface area contributed by atoms with Crippen molar-refractivity contribution >= 4 is 33.0 Å². The average Bonchev–Trinajstić information content (AvgIpc) is 3.36. The average molecular weight is 466 g/mol. The van der Waals surface area contributed by atoms with Crippen LogP contribution in [0.2, 0.25) is 0 Å². The summed E-state index contributed by atoms with van der Waals surface area (Å²) in [5, 5.41) is 2.90. The van der Waals surface area contributed by atoms with Crippen molar-refractivity contribution in [3.63, 3.8) is 0 Å². The Morgan fingerprint density at radius 2 is 1.70 bits per heavy atom. The van der Waals surface area contributed by atoms with Gasteiger partial charge in [-0.2, -0.15) is 0 Å². The first-order chi connectivity index (χ1) is 15.9. The number of sulfonamides is 1. The molecule has 1 aliphatic heterocycles. The number of hydrogen-bond donors (Lipinski definition) is 2. The van der Waals surface area contributed by atoms with Crippen molar-refractivity contribution in [1.82, 2.24) is 0 Å². The number of nitrogens with one attached hydrogen (secondary N) is 2. The van der Waals surface area contributed by atoms with Gasteiger partial charge in [-0.3, -0.25) is 9.52 Å². The number of ether oxygens (including phenoxy) is 1. The molecule has 0 bridgehead atoms. The lowest BCUT2D eigenvalue weighted by molar-refractivity contribution is 0.102.